The molecule has 0 radical (unpaired) electrons. The number of carboxylic acids is 1. The first-order valence-corrected chi connectivity index (χ1v) is 32.2. The van der Waals surface area contributed by atoms with E-state index in [-0.39, 0.29) is 55.3 Å². The molecular weight excluding hydrogens is 1140 g/mol. The Kier molecular flexibility index (Phi) is 34.4. The number of hydrogen-bond donors (Lipinski definition) is 6. The van der Waals surface area contributed by atoms with Crippen LogP contribution in [-0.4, -0.2) is 238 Å². The van der Waals surface area contributed by atoms with Crippen molar-refractivity contribution in [1.29, 1.82) is 0 Å². The first kappa shape index (κ1) is 80.8. The Hall–Kier alpha value is -6.17. The van der Waals surface area contributed by atoms with Gasteiger partial charge in [0.1, 0.15) is 54.4 Å². The average Bonchev–Trinajstić information content (AvgIpc) is 3.49. The predicted molar refractivity (Wildman–Crippen MR) is 344 cm³/mol. The van der Waals surface area contributed by atoms with Crippen molar-refractivity contribution in [3.05, 3.63) is 12.2 Å². The van der Waals surface area contributed by atoms with Crippen molar-refractivity contribution in [2.75, 3.05) is 62.4 Å². The van der Waals surface area contributed by atoms with Gasteiger partial charge in [-0.3, -0.25) is 52.7 Å². The van der Waals surface area contributed by atoms with Crippen LogP contribution in [0.2, 0.25) is 0 Å². The van der Waals surface area contributed by atoms with E-state index in [9.17, 15) is 53.4 Å². The number of allylic oxidation sites excluding steroid dienone is 2. The number of nitrogens with one attached hydrogen (secondary N) is 4. The minimum atomic E-state index is -1.61. The molecule has 1 fully saturated rings. The van der Waals surface area contributed by atoms with E-state index < -0.39 is 150 Å². The Bertz CT molecular complexity index is 2390. The highest BCUT2D eigenvalue weighted by Crippen LogP contribution is 2.26. The quantitative estimate of drug-likeness (QED) is 0.0484. The number of carbonyl (C=O) groups is 11. The summed E-state index contributed by atoms with van der Waals surface area (Å²) in [5, 5.41) is 32.9. The number of likely N-dealkylation sites (N-methyl/N-ethyl adjacent to an activating group) is 7. The number of aliphatic carboxylic acids is 1. The lowest BCUT2D eigenvalue weighted by atomic mass is 9.91. The molecular formula is C65H117N11O13. The molecule has 0 aromatic rings. The van der Waals surface area contributed by atoms with E-state index >= 15 is 9.59 Å². The Labute approximate surface area is 532 Å². The molecule has 0 aromatic heterocycles. The summed E-state index contributed by atoms with van der Waals surface area (Å²) in [6.07, 6.45) is 5.81. The third-order valence-corrected chi connectivity index (χ3v) is 16.9. The van der Waals surface area contributed by atoms with Gasteiger partial charge in [0.25, 0.3) is 0 Å². The van der Waals surface area contributed by atoms with Crippen LogP contribution in [0.1, 0.15) is 169 Å². The summed E-state index contributed by atoms with van der Waals surface area (Å²) in [7, 11) is 10.2. The van der Waals surface area contributed by atoms with Crippen LogP contribution in [0.3, 0.4) is 0 Å². The van der Waals surface area contributed by atoms with Gasteiger partial charge in [0.2, 0.25) is 59.1 Å². The molecule has 6 N–H and O–H groups in total. The van der Waals surface area contributed by atoms with Crippen LogP contribution in [-0.2, 0) is 52.7 Å². The zero-order chi connectivity index (χ0) is 68.8. The molecule has 0 bridgehead atoms. The highest BCUT2D eigenvalue weighted by atomic mass is 16.4. The maximum absolute atomic E-state index is 15.2. The Balaban J connectivity index is 3.66. The summed E-state index contributed by atoms with van der Waals surface area (Å²) < 4.78 is 0. The van der Waals surface area contributed by atoms with Crippen molar-refractivity contribution in [2.24, 2.45) is 41.4 Å². The van der Waals surface area contributed by atoms with E-state index in [0.717, 1.165) is 22.6 Å². The maximum atomic E-state index is 15.2. The van der Waals surface area contributed by atoms with Gasteiger partial charge in [0.05, 0.1) is 18.7 Å². The molecule has 1 saturated heterocycles. The molecule has 0 aliphatic carbocycles. The van der Waals surface area contributed by atoms with Gasteiger partial charge in [-0.2, -0.15) is 0 Å². The van der Waals surface area contributed by atoms with E-state index in [1.165, 1.54) is 66.7 Å². The van der Waals surface area contributed by atoms with Crippen molar-refractivity contribution in [1.82, 2.24) is 55.6 Å². The lowest BCUT2D eigenvalue weighted by Gasteiger charge is -2.41. The lowest BCUT2D eigenvalue weighted by molar-refractivity contribution is -0.157. The van der Waals surface area contributed by atoms with Crippen LogP contribution < -0.4 is 21.3 Å². The monoisotopic (exact) mass is 1260 g/mol. The summed E-state index contributed by atoms with van der Waals surface area (Å²) in [5.74, 6) is -9.23. The highest BCUT2D eigenvalue weighted by molar-refractivity contribution is 5.98. The molecule has 24 nitrogen and oxygen atoms in total. The van der Waals surface area contributed by atoms with Crippen molar-refractivity contribution >= 4 is 65.0 Å². The van der Waals surface area contributed by atoms with Crippen LogP contribution in [0.5, 0.6) is 0 Å². The number of carbonyl (C=O) groups excluding carboxylic acids is 10. The SMILES string of the molecule is C/C=C/C[C@@H](C)[C@@H](O)[C@@H](C(=O)N[C@@H](CC)C(=O)N(C)CC(=O)N(C)[C@@H](CC(C)C)C(=O)N[C@H](C(=O)N(C)[C@@H](CC(C)C)C(=O)N[C@@H](C)C(=O)O)C(C)C)N(C)C(=O)[C@H](C(C)C)N(C)C(=O)[C@H](CC(C)C)N(C)C(=O)[C@H](CC(C)C)N(C)C(=O)[C@H]1CCCCN1. The number of carboxylic acid groups (broad SMARTS) is 1. The van der Waals surface area contributed by atoms with Crippen LogP contribution >= 0.6 is 0 Å². The average molecular weight is 1260 g/mol. The van der Waals surface area contributed by atoms with E-state index in [1.54, 1.807) is 68.6 Å². The van der Waals surface area contributed by atoms with Crippen LogP contribution in [0, 0.1) is 41.4 Å². The second-order valence-corrected chi connectivity index (χ2v) is 27.2. The number of piperidine rings is 1. The number of aliphatic hydroxyl groups is 1. The molecule has 0 aromatic carbocycles. The van der Waals surface area contributed by atoms with Gasteiger partial charge < -0.3 is 65.8 Å². The molecule has 89 heavy (non-hydrogen) atoms. The van der Waals surface area contributed by atoms with E-state index in [1.807, 2.05) is 61.5 Å². The predicted octanol–water partition coefficient (Wildman–Crippen LogP) is 3.98. The number of hydrogen-bond acceptors (Lipinski definition) is 13. The Morgan fingerprint density at radius 1 is 0.528 bits per heavy atom. The molecule has 0 unspecified atom stereocenters. The van der Waals surface area contributed by atoms with E-state index in [4.69, 9.17) is 0 Å². The van der Waals surface area contributed by atoms with Gasteiger partial charge in [0.15, 0.2) is 0 Å². The summed E-state index contributed by atoms with van der Waals surface area (Å²) in [6, 6.07) is -11.1. The van der Waals surface area contributed by atoms with Crippen LogP contribution in [0.25, 0.3) is 0 Å². The zero-order valence-electron chi connectivity index (χ0n) is 58.3. The third kappa shape index (κ3) is 23.9. The van der Waals surface area contributed by atoms with Crippen molar-refractivity contribution < 1.29 is 63.0 Å². The number of rotatable bonds is 36. The van der Waals surface area contributed by atoms with Crippen molar-refractivity contribution in [3.63, 3.8) is 0 Å². The molecule has 1 aliphatic rings. The van der Waals surface area contributed by atoms with Gasteiger partial charge in [-0.1, -0.05) is 116 Å². The first-order chi connectivity index (χ1) is 41.2. The second-order valence-electron chi connectivity index (χ2n) is 27.2. The topological polar surface area (TPSA) is 299 Å². The lowest BCUT2D eigenvalue weighted by Crippen LogP contribution is -2.63. The van der Waals surface area contributed by atoms with Crippen LogP contribution in [0.4, 0.5) is 0 Å². The minimum Gasteiger partial charge on any atom is -0.480 e. The standard InChI is InChI=1S/C65H117N11O13/c1-24-26-29-43(15)55(78)54(76(23)64(87)53(42(13)14)75(22)62(85)50(35-40(9)10)74(21)61(84)49(34-39(7)8)73(20)60(83)46-30-27-28-31-66-46)58(81)68-45(25-2)59(82)70(17)36-51(77)71(18)47(32-37(3)4)57(80)69-52(41(11)12)63(86)72(19)48(33-38(5)6)56(79)67-44(16)65(88)89/h24,26,37-50,52-55,66,78H,25,27-36H2,1-23H3,(H,67,79)(H,68,81)(H,69,80)(H,88,89)/b26-24+/t43-,44+,45+,46-,47+,48+,49+,50+,52+,53+,54+,55-/m1/s1. The smallest absolute Gasteiger partial charge is 0.325 e. The van der Waals surface area contributed by atoms with Crippen molar-refractivity contribution in [3.8, 4) is 0 Å². The van der Waals surface area contributed by atoms with E-state index in [0.29, 0.717) is 25.8 Å². The molecule has 1 aliphatic heterocycles. The van der Waals surface area contributed by atoms with Crippen molar-refractivity contribution in [2.45, 2.75) is 235 Å². The normalized spacial score (nSPS) is 17.3. The summed E-state index contributed by atoms with van der Waals surface area (Å²) in [6.45, 7) is 28.7. The molecule has 24 heteroatoms. The zero-order valence-corrected chi connectivity index (χ0v) is 58.3. The fraction of sp³-hybridized carbons (Fsp3) is 0.800. The van der Waals surface area contributed by atoms with Gasteiger partial charge in [-0.25, -0.2) is 0 Å². The molecule has 12 atom stereocenters. The fourth-order valence-corrected chi connectivity index (χ4v) is 11.3. The molecule has 1 heterocycles. The third-order valence-electron chi connectivity index (χ3n) is 16.9. The van der Waals surface area contributed by atoms with Gasteiger partial charge >= 0.3 is 5.97 Å². The maximum Gasteiger partial charge on any atom is 0.325 e. The summed E-state index contributed by atoms with van der Waals surface area (Å²) in [5.41, 5.74) is 0. The number of aliphatic hydroxyl groups excluding tert-OH is 1. The Morgan fingerprint density at radius 3 is 1.44 bits per heavy atom. The largest absolute Gasteiger partial charge is 0.480 e. The molecule has 1 rings (SSSR count). The summed E-state index contributed by atoms with van der Waals surface area (Å²) >= 11 is 0. The minimum absolute atomic E-state index is 0.0119. The highest BCUT2D eigenvalue weighted by Gasteiger charge is 2.45. The molecule has 510 valence electrons. The second kappa shape index (κ2) is 37.9. The van der Waals surface area contributed by atoms with E-state index in [2.05, 4.69) is 21.3 Å². The number of amides is 10. The van der Waals surface area contributed by atoms with Crippen LogP contribution in [0.15, 0.2) is 12.2 Å². The van der Waals surface area contributed by atoms with Gasteiger partial charge in [-0.05, 0) is 113 Å². The first-order valence-electron chi connectivity index (χ1n) is 32.2. The van der Waals surface area contributed by atoms with Gasteiger partial charge in [-0.15, -0.1) is 0 Å². The molecule has 10 amide bonds. The number of nitrogens with zero attached hydrogens (tertiary/aromatic N) is 7. The summed E-state index contributed by atoms with van der Waals surface area (Å²) in [4.78, 5) is 165. The Morgan fingerprint density at radius 2 is 0.989 bits per heavy atom. The molecule has 0 spiro atoms. The molecule has 0 saturated carbocycles. The van der Waals surface area contributed by atoms with Gasteiger partial charge in [0, 0.05) is 49.3 Å². The fourth-order valence-electron chi connectivity index (χ4n) is 11.3.